The highest BCUT2D eigenvalue weighted by molar-refractivity contribution is 5.46. The van der Waals surface area contributed by atoms with Crippen molar-refractivity contribution in [2.45, 2.75) is 34.0 Å². The molecular formula is C17H22O4. The molecule has 0 saturated carbocycles. The average molecular weight is 290 g/mol. The molecule has 1 aromatic rings. The van der Waals surface area contributed by atoms with Crippen LogP contribution in [0.5, 0.6) is 17.2 Å². The van der Waals surface area contributed by atoms with Crippen LogP contribution in [0.2, 0.25) is 0 Å². The summed E-state index contributed by atoms with van der Waals surface area (Å²) in [7, 11) is 0. The zero-order valence-electron chi connectivity index (χ0n) is 12.9. The third kappa shape index (κ3) is 6.08. The lowest BCUT2D eigenvalue weighted by Crippen LogP contribution is -2.13. The van der Waals surface area contributed by atoms with Gasteiger partial charge in [-0.3, -0.25) is 0 Å². The molecule has 0 aromatic heterocycles. The summed E-state index contributed by atoms with van der Waals surface area (Å²) in [4.78, 5) is 0. The van der Waals surface area contributed by atoms with E-state index in [1.165, 1.54) is 0 Å². The second kappa shape index (κ2) is 9.53. The maximum atomic E-state index is 5.65. The van der Waals surface area contributed by atoms with Crippen LogP contribution in [-0.4, -0.2) is 6.29 Å². The summed E-state index contributed by atoms with van der Waals surface area (Å²) in [6, 6.07) is 5.35. The minimum absolute atomic E-state index is 0.391. The molecule has 0 N–H and O–H groups in total. The zero-order chi connectivity index (χ0) is 15.5. The highest BCUT2D eigenvalue weighted by atomic mass is 16.7. The number of hydrogen-bond donors (Lipinski definition) is 0. The first-order valence-corrected chi connectivity index (χ1v) is 6.84. The summed E-state index contributed by atoms with van der Waals surface area (Å²) >= 11 is 0. The summed E-state index contributed by atoms with van der Waals surface area (Å²) in [5.74, 6) is 1.82. The number of benzene rings is 1. The van der Waals surface area contributed by atoms with Gasteiger partial charge in [-0.15, -0.1) is 0 Å². The van der Waals surface area contributed by atoms with E-state index in [1.807, 2.05) is 27.7 Å². The monoisotopic (exact) mass is 290 g/mol. The van der Waals surface area contributed by atoms with Crippen molar-refractivity contribution in [2.24, 2.45) is 0 Å². The summed E-state index contributed by atoms with van der Waals surface area (Å²) in [6.07, 6.45) is 9.78. The van der Waals surface area contributed by atoms with Gasteiger partial charge in [0.15, 0.2) is 11.5 Å². The predicted octanol–water partition coefficient (Wildman–Crippen LogP) is 4.79. The van der Waals surface area contributed by atoms with Crippen LogP contribution in [-0.2, 0) is 4.74 Å². The molecule has 1 atom stereocenters. The second-order valence-corrected chi connectivity index (χ2v) is 4.07. The first-order chi connectivity index (χ1) is 10.2. The minimum Gasteiger partial charge on any atom is -0.463 e. The third-order valence-corrected chi connectivity index (χ3v) is 2.29. The van der Waals surface area contributed by atoms with Crippen molar-refractivity contribution in [2.75, 3.05) is 0 Å². The third-order valence-electron chi connectivity index (χ3n) is 2.29. The molecule has 114 valence electrons. The van der Waals surface area contributed by atoms with Crippen LogP contribution in [0.3, 0.4) is 0 Å². The van der Waals surface area contributed by atoms with Crippen LogP contribution in [0.25, 0.3) is 0 Å². The van der Waals surface area contributed by atoms with Crippen molar-refractivity contribution in [1.29, 1.82) is 0 Å². The maximum Gasteiger partial charge on any atom is 0.237 e. The molecule has 0 aliphatic rings. The molecule has 21 heavy (non-hydrogen) atoms. The molecule has 0 bridgehead atoms. The fraction of sp³-hybridized carbons (Fsp3) is 0.294. The van der Waals surface area contributed by atoms with Gasteiger partial charge in [0.25, 0.3) is 0 Å². The van der Waals surface area contributed by atoms with Gasteiger partial charge in [-0.25, -0.2) is 0 Å². The first-order valence-electron chi connectivity index (χ1n) is 6.84. The maximum absolute atomic E-state index is 5.65. The molecule has 0 aliphatic carbocycles. The second-order valence-electron chi connectivity index (χ2n) is 4.07. The zero-order valence-corrected chi connectivity index (χ0v) is 12.9. The van der Waals surface area contributed by atoms with E-state index in [9.17, 15) is 0 Å². The quantitative estimate of drug-likeness (QED) is 0.509. The van der Waals surface area contributed by atoms with Crippen LogP contribution < -0.4 is 14.2 Å². The predicted molar refractivity (Wildman–Crippen MR) is 83.3 cm³/mol. The van der Waals surface area contributed by atoms with Crippen molar-refractivity contribution in [3.8, 4) is 17.2 Å². The molecule has 0 spiro atoms. The Hall–Kier alpha value is -2.36. The van der Waals surface area contributed by atoms with Gasteiger partial charge in [0.05, 0.1) is 18.8 Å². The van der Waals surface area contributed by atoms with Crippen LogP contribution in [0.1, 0.15) is 27.7 Å². The average Bonchev–Trinajstić information content (AvgIpc) is 2.49. The fourth-order valence-corrected chi connectivity index (χ4v) is 1.44. The Morgan fingerprint density at radius 1 is 0.857 bits per heavy atom. The van der Waals surface area contributed by atoms with Crippen molar-refractivity contribution < 1.29 is 18.9 Å². The molecule has 4 nitrogen and oxygen atoms in total. The molecule has 1 aromatic carbocycles. The standard InChI is InChI=1S/C17H22O4/c1-5-10-18-14(4)21-15-8-9-16(19-11-6-2)17(13-15)20-12-7-3/h5-14H,1-4H3. The van der Waals surface area contributed by atoms with Gasteiger partial charge in [0.1, 0.15) is 5.75 Å². The molecule has 0 heterocycles. The number of rotatable bonds is 8. The van der Waals surface area contributed by atoms with Crippen LogP contribution in [0.4, 0.5) is 0 Å². The Morgan fingerprint density at radius 2 is 1.48 bits per heavy atom. The summed E-state index contributed by atoms with van der Waals surface area (Å²) in [6.45, 7) is 7.45. The lowest BCUT2D eigenvalue weighted by atomic mass is 10.3. The molecule has 4 heteroatoms. The lowest BCUT2D eigenvalue weighted by molar-refractivity contribution is -0.0139. The van der Waals surface area contributed by atoms with Crippen LogP contribution in [0, 0.1) is 0 Å². The fourth-order valence-electron chi connectivity index (χ4n) is 1.44. The number of hydrogen-bond acceptors (Lipinski definition) is 4. The smallest absolute Gasteiger partial charge is 0.237 e. The Bertz CT molecular complexity index is 504. The normalized spacial score (nSPS) is 13.0. The lowest BCUT2D eigenvalue weighted by Gasteiger charge is -2.15. The highest BCUT2D eigenvalue weighted by Crippen LogP contribution is 2.32. The van der Waals surface area contributed by atoms with Crippen molar-refractivity contribution in [3.05, 3.63) is 55.2 Å². The van der Waals surface area contributed by atoms with Gasteiger partial charge in [-0.05, 0) is 32.9 Å². The van der Waals surface area contributed by atoms with E-state index in [2.05, 4.69) is 0 Å². The van der Waals surface area contributed by atoms with E-state index in [0.717, 1.165) is 0 Å². The van der Waals surface area contributed by atoms with E-state index >= 15 is 0 Å². The molecule has 1 rings (SSSR count). The van der Waals surface area contributed by atoms with E-state index in [-0.39, 0.29) is 0 Å². The molecule has 1 unspecified atom stereocenters. The van der Waals surface area contributed by atoms with Gasteiger partial charge in [0.2, 0.25) is 6.29 Å². The van der Waals surface area contributed by atoms with Gasteiger partial charge in [-0.2, -0.15) is 0 Å². The molecule has 0 saturated heterocycles. The topological polar surface area (TPSA) is 36.9 Å². The van der Waals surface area contributed by atoms with Crippen LogP contribution >= 0.6 is 0 Å². The SMILES string of the molecule is CC=COc1ccc(OC(C)OC=CC)cc1OC=CC. The van der Waals surface area contributed by atoms with E-state index in [1.54, 1.807) is 55.2 Å². The Morgan fingerprint density at radius 3 is 2.10 bits per heavy atom. The van der Waals surface area contributed by atoms with Crippen molar-refractivity contribution >= 4 is 0 Å². The minimum atomic E-state index is -0.391. The van der Waals surface area contributed by atoms with Gasteiger partial charge in [-0.1, -0.05) is 18.2 Å². The van der Waals surface area contributed by atoms with Gasteiger partial charge >= 0.3 is 0 Å². The molecule has 0 radical (unpaired) electrons. The van der Waals surface area contributed by atoms with Gasteiger partial charge in [0, 0.05) is 13.0 Å². The Labute approximate surface area is 126 Å². The summed E-state index contributed by atoms with van der Waals surface area (Å²) < 4.78 is 21.9. The number of ether oxygens (including phenoxy) is 4. The molecular weight excluding hydrogens is 268 g/mol. The Balaban J connectivity index is 2.86. The van der Waals surface area contributed by atoms with Crippen molar-refractivity contribution in [1.82, 2.24) is 0 Å². The Kier molecular flexibility index (Phi) is 7.58. The van der Waals surface area contributed by atoms with E-state index in [0.29, 0.717) is 17.2 Å². The number of allylic oxidation sites excluding steroid dienone is 3. The van der Waals surface area contributed by atoms with E-state index in [4.69, 9.17) is 18.9 Å². The van der Waals surface area contributed by atoms with Crippen LogP contribution in [0.15, 0.2) is 55.2 Å². The highest BCUT2D eigenvalue weighted by Gasteiger charge is 2.09. The summed E-state index contributed by atoms with van der Waals surface area (Å²) in [5.41, 5.74) is 0. The molecule has 0 aliphatic heterocycles. The molecule has 0 amide bonds. The van der Waals surface area contributed by atoms with E-state index < -0.39 is 6.29 Å². The van der Waals surface area contributed by atoms with Gasteiger partial charge < -0.3 is 18.9 Å². The largest absolute Gasteiger partial charge is 0.463 e. The van der Waals surface area contributed by atoms with Crippen molar-refractivity contribution in [3.63, 3.8) is 0 Å². The summed E-state index contributed by atoms with van der Waals surface area (Å²) in [5, 5.41) is 0. The first kappa shape index (κ1) is 16.7. The molecule has 0 fully saturated rings.